The van der Waals surface area contributed by atoms with Gasteiger partial charge in [0, 0.05) is 24.7 Å². The second-order valence-electron chi connectivity index (χ2n) is 7.05. The maximum absolute atomic E-state index is 13.1. The Kier molecular flexibility index (Phi) is 4.44. The lowest BCUT2D eigenvalue weighted by atomic mass is 9.79. The smallest absolute Gasteiger partial charge is 0.265 e. The summed E-state index contributed by atoms with van der Waals surface area (Å²) in [5.74, 6) is -0.270. The SMILES string of the molecule is Cc1nc(-c2ccc(F)cc2)sc1C(=O)N1CCC(N)C(C)(C)C1. The highest BCUT2D eigenvalue weighted by Gasteiger charge is 2.36. The normalized spacial score (nSPS) is 20.2. The third kappa shape index (κ3) is 3.21. The van der Waals surface area contributed by atoms with Crippen LogP contribution in [0.4, 0.5) is 4.39 Å². The highest BCUT2D eigenvalue weighted by atomic mass is 32.1. The van der Waals surface area contributed by atoms with Crippen molar-refractivity contribution in [3.05, 3.63) is 40.7 Å². The summed E-state index contributed by atoms with van der Waals surface area (Å²) < 4.78 is 13.1. The van der Waals surface area contributed by atoms with Gasteiger partial charge in [-0.05, 0) is 43.0 Å². The Hall–Kier alpha value is -1.79. The van der Waals surface area contributed by atoms with E-state index >= 15 is 0 Å². The number of benzene rings is 1. The summed E-state index contributed by atoms with van der Waals surface area (Å²) in [6.07, 6.45) is 0.807. The van der Waals surface area contributed by atoms with Gasteiger partial charge in [0.05, 0.1) is 5.69 Å². The number of halogens is 1. The van der Waals surface area contributed by atoms with E-state index in [0.29, 0.717) is 18.0 Å². The number of aromatic nitrogens is 1. The predicted octanol–water partition coefficient (Wildman–Crippen LogP) is 3.46. The monoisotopic (exact) mass is 347 g/mol. The Balaban J connectivity index is 1.85. The molecule has 0 spiro atoms. The molecule has 1 aromatic heterocycles. The Morgan fingerprint density at radius 1 is 1.38 bits per heavy atom. The van der Waals surface area contributed by atoms with E-state index in [1.807, 2.05) is 11.8 Å². The molecule has 2 heterocycles. The molecule has 2 aromatic rings. The number of likely N-dealkylation sites (tertiary alicyclic amines) is 1. The number of carbonyl (C=O) groups excluding carboxylic acids is 1. The summed E-state index contributed by atoms with van der Waals surface area (Å²) in [5, 5.41) is 0.740. The highest BCUT2D eigenvalue weighted by molar-refractivity contribution is 7.17. The van der Waals surface area contributed by atoms with Crippen LogP contribution in [0, 0.1) is 18.2 Å². The van der Waals surface area contributed by atoms with E-state index in [0.717, 1.165) is 22.7 Å². The maximum atomic E-state index is 13.1. The van der Waals surface area contributed by atoms with Crippen LogP contribution in [0.5, 0.6) is 0 Å². The van der Waals surface area contributed by atoms with E-state index in [9.17, 15) is 9.18 Å². The Morgan fingerprint density at radius 2 is 2.04 bits per heavy atom. The van der Waals surface area contributed by atoms with Crippen LogP contribution in [0.15, 0.2) is 24.3 Å². The van der Waals surface area contributed by atoms with Crippen molar-refractivity contribution in [2.24, 2.45) is 11.1 Å². The van der Waals surface area contributed by atoms with Crippen LogP contribution in [-0.2, 0) is 0 Å². The molecule has 4 nitrogen and oxygen atoms in total. The van der Waals surface area contributed by atoms with Crippen molar-refractivity contribution >= 4 is 17.2 Å². The molecular weight excluding hydrogens is 325 g/mol. The van der Waals surface area contributed by atoms with E-state index in [-0.39, 0.29) is 23.2 Å². The average Bonchev–Trinajstić information content (AvgIpc) is 2.92. The van der Waals surface area contributed by atoms with Crippen molar-refractivity contribution in [2.75, 3.05) is 13.1 Å². The number of nitrogens with zero attached hydrogens (tertiary/aromatic N) is 2. The summed E-state index contributed by atoms with van der Waals surface area (Å²) in [4.78, 5) is 19.9. The summed E-state index contributed by atoms with van der Waals surface area (Å²) >= 11 is 1.37. The molecule has 1 saturated heterocycles. The van der Waals surface area contributed by atoms with Crippen LogP contribution in [-0.4, -0.2) is 34.9 Å². The number of aryl methyl sites for hydroxylation is 1. The van der Waals surface area contributed by atoms with Crippen molar-refractivity contribution in [2.45, 2.75) is 33.2 Å². The van der Waals surface area contributed by atoms with Crippen LogP contribution < -0.4 is 5.73 Å². The molecule has 0 saturated carbocycles. The van der Waals surface area contributed by atoms with Gasteiger partial charge < -0.3 is 10.6 Å². The molecule has 3 rings (SSSR count). The molecular formula is C18H22FN3OS. The topological polar surface area (TPSA) is 59.2 Å². The molecule has 1 fully saturated rings. The molecule has 1 aliphatic heterocycles. The number of amides is 1. The number of hydrogen-bond donors (Lipinski definition) is 1. The second kappa shape index (κ2) is 6.26. The highest BCUT2D eigenvalue weighted by Crippen LogP contribution is 2.32. The first-order valence-corrected chi connectivity index (χ1v) is 8.88. The lowest BCUT2D eigenvalue weighted by molar-refractivity contribution is 0.0536. The standard InChI is InChI=1S/C18H22FN3OS/c1-11-15(17(23)22-9-8-14(20)18(2,3)10-22)24-16(21-11)12-4-6-13(19)7-5-12/h4-7,14H,8-10,20H2,1-3H3. The van der Waals surface area contributed by atoms with Crippen LogP contribution in [0.25, 0.3) is 10.6 Å². The third-order valence-corrected chi connectivity index (χ3v) is 5.88. The van der Waals surface area contributed by atoms with E-state index in [1.165, 1.54) is 23.5 Å². The number of thiazole rings is 1. The molecule has 128 valence electrons. The van der Waals surface area contributed by atoms with Gasteiger partial charge in [0.1, 0.15) is 15.7 Å². The lowest BCUT2D eigenvalue weighted by Crippen LogP contribution is -2.53. The summed E-state index contributed by atoms with van der Waals surface area (Å²) in [5.41, 5.74) is 7.61. The molecule has 1 unspecified atom stereocenters. The van der Waals surface area contributed by atoms with Crippen molar-refractivity contribution in [3.63, 3.8) is 0 Å². The number of hydrogen-bond acceptors (Lipinski definition) is 4. The predicted molar refractivity (Wildman–Crippen MR) is 94.5 cm³/mol. The van der Waals surface area contributed by atoms with Gasteiger partial charge in [-0.15, -0.1) is 11.3 Å². The molecule has 24 heavy (non-hydrogen) atoms. The molecule has 2 N–H and O–H groups in total. The van der Waals surface area contributed by atoms with Gasteiger partial charge in [-0.1, -0.05) is 13.8 Å². The summed E-state index contributed by atoms with van der Waals surface area (Å²) in [6.45, 7) is 7.36. The van der Waals surface area contributed by atoms with Crippen LogP contribution in [0.3, 0.4) is 0 Å². The lowest BCUT2D eigenvalue weighted by Gasteiger charge is -2.42. The largest absolute Gasteiger partial charge is 0.337 e. The zero-order valence-corrected chi connectivity index (χ0v) is 15.0. The van der Waals surface area contributed by atoms with Gasteiger partial charge in [0.25, 0.3) is 5.91 Å². The maximum Gasteiger partial charge on any atom is 0.265 e. The van der Waals surface area contributed by atoms with Crippen LogP contribution in [0.1, 0.15) is 35.6 Å². The Labute approximate surface area is 145 Å². The molecule has 1 aliphatic rings. The summed E-state index contributed by atoms with van der Waals surface area (Å²) in [7, 11) is 0. The minimum absolute atomic E-state index is 0.0123. The molecule has 0 bridgehead atoms. The van der Waals surface area contributed by atoms with E-state index in [4.69, 9.17) is 5.73 Å². The third-order valence-electron chi connectivity index (χ3n) is 4.68. The first-order chi connectivity index (χ1) is 11.3. The number of nitrogens with two attached hydrogens (primary N) is 1. The number of rotatable bonds is 2. The molecule has 1 aromatic carbocycles. The molecule has 0 radical (unpaired) electrons. The molecule has 1 amide bonds. The quantitative estimate of drug-likeness (QED) is 0.905. The fourth-order valence-electron chi connectivity index (χ4n) is 3.00. The van der Waals surface area contributed by atoms with Gasteiger partial charge in [0.2, 0.25) is 0 Å². The fourth-order valence-corrected chi connectivity index (χ4v) is 4.04. The molecule has 0 aliphatic carbocycles. The van der Waals surface area contributed by atoms with E-state index in [1.54, 1.807) is 12.1 Å². The summed E-state index contributed by atoms with van der Waals surface area (Å²) in [6, 6.07) is 6.29. The molecule has 1 atom stereocenters. The van der Waals surface area contributed by atoms with E-state index < -0.39 is 0 Å². The van der Waals surface area contributed by atoms with Gasteiger partial charge in [-0.25, -0.2) is 9.37 Å². The minimum Gasteiger partial charge on any atom is -0.337 e. The van der Waals surface area contributed by atoms with Gasteiger partial charge in [0.15, 0.2) is 0 Å². The first kappa shape index (κ1) is 17.0. The zero-order chi connectivity index (χ0) is 17.5. The first-order valence-electron chi connectivity index (χ1n) is 8.06. The fraction of sp³-hybridized carbons (Fsp3) is 0.444. The van der Waals surface area contributed by atoms with E-state index in [2.05, 4.69) is 18.8 Å². The average molecular weight is 347 g/mol. The van der Waals surface area contributed by atoms with Crippen molar-refractivity contribution < 1.29 is 9.18 Å². The van der Waals surface area contributed by atoms with Gasteiger partial charge >= 0.3 is 0 Å². The van der Waals surface area contributed by atoms with Gasteiger partial charge in [-0.3, -0.25) is 4.79 Å². The van der Waals surface area contributed by atoms with Gasteiger partial charge in [-0.2, -0.15) is 0 Å². The van der Waals surface area contributed by atoms with Crippen LogP contribution >= 0.6 is 11.3 Å². The Bertz CT molecular complexity index is 754. The van der Waals surface area contributed by atoms with Crippen molar-refractivity contribution in [1.29, 1.82) is 0 Å². The van der Waals surface area contributed by atoms with Crippen molar-refractivity contribution in [3.8, 4) is 10.6 Å². The van der Waals surface area contributed by atoms with Crippen molar-refractivity contribution in [1.82, 2.24) is 9.88 Å². The Morgan fingerprint density at radius 3 is 2.67 bits per heavy atom. The number of carbonyl (C=O) groups is 1. The van der Waals surface area contributed by atoms with Crippen LogP contribution in [0.2, 0.25) is 0 Å². The minimum atomic E-state index is -0.282. The second-order valence-corrected chi connectivity index (χ2v) is 8.05. The number of piperidine rings is 1. The zero-order valence-electron chi connectivity index (χ0n) is 14.2. The molecule has 6 heteroatoms.